The second-order valence-electron chi connectivity index (χ2n) is 7.01. The molecule has 0 aliphatic carbocycles. The topological polar surface area (TPSA) is 82.6 Å². The van der Waals surface area contributed by atoms with E-state index in [0.717, 1.165) is 22.6 Å². The zero-order valence-corrected chi connectivity index (χ0v) is 18.2. The fourth-order valence-electron chi connectivity index (χ4n) is 3.67. The maximum atomic E-state index is 12.8. The first-order chi connectivity index (χ1) is 15.1. The zero-order chi connectivity index (χ0) is 21.8. The number of para-hydroxylation sites is 1. The first-order valence-electron chi connectivity index (χ1n) is 10.0. The van der Waals surface area contributed by atoms with Gasteiger partial charge in [0.1, 0.15) is 0 Å². The number of aromatic nitrogens is 1. The number of rotatable bonds is 6. The molecule has 6 nitrogen and oxygen atoms in total. The standard InChI is InChI=1S/C24H23N5OS/c1-3-29-21-7-5-4-6-19(21)20-13-10-17(14-22(20)29)27-24(30)16-8-11-18(12-9-16)31-15-23(25)28-26-2/h4-14,25H,3,15H2,1-2H3,(H,27,30)/b25-23?,28-26-. The van der Waals surface area contributed by atoms with Crippen molar-refractivity contribution in [3.05, 3.63) is 72.3 Å². The van der Waals surface area contributed by atoms with Crippen molar-refractivity contribution in [1.82, 2.24) is 4.57 Å². The first kappa shape index (κ1) is 20.8. The lowest BCUT2D eigenvalue weighted by Gasteiger charge is -2.08. The Morgan fingerprint density at radius 1 is 1.03 bits per heavy atom. The summed E-state index contributed by atoms with van der Waals surface area (Å²) >= 11 is 1.49. The molecule has 0 aliphatic rings. The SMILES string of the molecule is CCn1c2ccccc2c2ccc(NC(=O)c3ccc(SCC(=N)/N=N\C)cc3)cc21. The number of hydrogen-bond acceptors (Lipinski definition) is 4. The molecule has 4 rings (SSSR count). The molecule has 0 aliphatic heterocycles. The summed E-state index contributed by atoms with van der Waals surface area (Å²) in [7, 11) is 1.55. The summed E-state index contributed by atoms with van der Waals surface area (Å²) in [5.74, 6) is 0.505. The number of carbonyl (C=O) groups is 1. The van der Waals surface area contributed by atoms with E-state index in [0.29, 0.717) is 11.3 Å². The van der Waals surface area contributed by atoms with Gasteiger partial charge in [0.25, 0.3) is 5.91 Å². The van der Waals surface area contributed by atoms with Crippen LogP contribution in [0.15, 0.2) is 81.9 Å². The Balaban J connectivity index is 1.52. The third-order valence-electron chi connectivity index (χ3n) is 5.06. The van der Waals surface area contributed by atoms with Gasteiger partial charge >= 0.3 is 0 Å². The highest BCUT2D eigenvalue weighted by Gasteiger charge is 2.12. The van der Waals surface area contributed by atoms with E-state index in [2.05, 4.69) is 57.4 Å². The normalized spacial score (nSPS) is 11.4. The molecule has 3 aromatic carbocycles. The molecule has 0 radical (unpaired) electrons. The van der Waals surface area contributed by atoms with Crippen molar-refractivity contribution in [2.45, 2.75) is 18.4 Å². The lowest BCUT2D eigenvalue weighted by molar-refractivity contribution is 0.102. The van der Waals surface area contributed by atoms with E-state index in [-0.39, 0.29) is 11.7 Å². The number of nitrogens with zero attached hydrogens (tertiary/aromatic N) is 3. The predicted octanol–water partition coefficient (Wildman–Crippen LogP) is 6.22. The monoisotopic (exact) mass is 429 g/mol. The summed E-state index contributed by atoms with van der Waals surface area (Å²) in [6, 6.07) is 21.8. The molecule has 0 atom stereocenters. The summed E-state index contributed by atoms with van der Waals surface area (Å²) in [4.78, 5) is 13.7. The first-order valence-corrected chi connectivity index (χ1v) is 11.0. The van der Waals surface area contributed by atoms with Crippen LogP contribution in [0.25, 0.3) is 21.8 Å². The fraction of sp³-hybridized carbons (Fsp3) is 0.167. The number of amidine groups is 1. The molecule has 0 fully saturated rings. The van der Waals surface area contributed by atoms with E-state index in [4.69, 9.17) is 5.41 Å². The van der Waals surface area contributed by atoms with Gasteiger partial charge in [0.05, 0.1) is 11.3 Å². The number of benzene rings is 3. The van der Waals surface area contributed by atoms with Crippen LogP contribution in [0, 0.1) is 5.41 Å². The number of amides is 1. The van der Waals surface area contributed by atoms with Crippen LogP contribution in [-0.2, 0) is 6.54 Å². The lowest BCUT2D eigenvalue weighted by atomic mass is 10.1. The highest BCUT2D eigenvalue weighted by molar-refractivity contribution is 8.00. The van der Waals surface area contributed by atoms with Gasteiger partial charge in [0, 0.05) is 46.0 Å². The van der Waals surface area contributed by atoms with Gasteiger partial charge in [-0.15, -0.1) is 16.9 Å². The Kier molecular flexibility index (Phi) is 6.13. The molecule has 0 saturated carbocycles. The number of nitrogens with one attached hydrogen (secondary N) is 2. The minimum atomic E-state index is -0.150. The van der Waals surface area contributed by atoms with Crippen LogP contribution in [0.2, 0.25) is 0 Å². The van der Waals surface area contributed by atoms with Gasteiger partial charge in [-0.1, -0.05) is 24.3 Å². The Bertz CT molecular complexity index is 1290. The van der Waals surface area contributed by atoms with Crippen molar-refractivity contribution >= 4 is 51.0 Å². The fourth-order valence-corrected chi connectivity index (χ4v) is 4.36. The Hall–Kier alpha value is -3.45. The second kappa shape index (κ2) is 9.14. The number of anilines is 1. The van der Waals surface area contributed by atoms with Crippen LogP contribution in [0.3, 0.4) is 0 Å². The maximum Gasteiger partial charge on any atom is 0.255 e. The van der Waals surface area contributed by atoms with Crippen molar-refractivity contribution < 1.29 is 4.79 Å². The average molecular weight is 430 g/mol. The van der Waals surface area contributed by atoms with Crippen LogP contribution < -0.4 is 5.32 Å². The van der Waals surface area contributed by atoms with Crippen molar-refractivity contribution in [2.75, 3.05) is 18.1 Å². The second-order valence-corrected chi connectivity index (χ2v) is 8.06. The molecule has 156 valence electrons. The van der Waals surface area contributed by atoms with Gasteiger partial charge in [-0.3, -0.25) is 10.2 Å². The van der Waals surface area contributed by atoms with Gasteiger partial charge in [0.2, 0.25) is 0 Å². The molecular formula is C24H23N5OS. The molecular weight excluding hydrogens is 406 g/mol. The Labute approximate surface area is 184 Å². The summed E-state index contributed by atoms with van der Waals surface area (Å²) < 4.78 is 2.27. The molecule has 1 heterocycles. The number of carbonyl (C=O) groups excluding carboxylic acids is 1. The molecule has 1 amide bonds. The highest BCUT2D eigenvalue weighted by Crippen LogP contribution is 2.31. The zero-order valence-electron chi connectivity index (χ0n) is 17.4. The minimum absolute atomic E-state index is 0.150. The number of hydrogen-bond donors (Lipinski definition) is 2. The van der Waals surface area contributed by atoms with Crippen molar-refractivity contribution in [2.24, 2.45) is 10.2 Å². The van der Waals surface area contributed by atoms with E-state index in [1.807, 2.05) is 24.3 Å². The van der Waals surface area contributed by atoms with Crippen LogP contribution in [0.5, 0.6) is 0 Å². The molecule has 0 bridgehead atoms. The lowest BCUT2D eigenvalue weighted by Crippen LogP contribution is -2.11. The summed E-state index contributed by atoms with van der Waals surface area (Å²) in [6.07, 6.45) is 0. The Morgan fingerprint density at radius 3 is 2.52 bits per heavy atom. The van der Waals surface area contributed by atoms with E-state index in [1.165, 1.54) is 28.1 Å². The molecule has 0 unspecified atom stereocenters. The molecule has 4 aromatic rings. The number of aryl methyl sites for hydroxylation is 1. The molecule has 2 N–H and O–H groups in total. The van der Waals surface area contributed by atoms with Crippen LogP contribution in [-0.4, -0.2) is 29.1 Å². The van der Waals surface area contributed by atoms with Gasteiger partial charge in [-0.2, -0.15) is 5.11 Å². The molecule has 31 heavy (non-hydrogen) atoms. The van der Waals surface area contributed by atoms with Gasteiger partial charge in [0.15, 0.2) is 5.84 Å². The summed E-state index contributed by atoms with van der Waals surface area (Å²) in [6.45, 7) is 2.99. The predicted molar refractivity (Wildman–Crippen MR) is 129 cm³/mol. The van der Waals surface area contributed by atoms with Crippen molar-refractivity contribution in [3.63, 3.8) is 0 Å². The summed E-state index contributed by atoms with van der Waals surface area (Å²) in [5.41, 5.74) is 3.67. The third kappa shape index (κ3) is 4.36. The molecule has 7 heteroatoms. The van der Waals surface area contributed by atoms with E-state index in [9.17, 15) is 4.79 Å². The molecule has 1 aromatic heterocycles. The quantitative estimate of drug-likeness (QED) is 0.165. The Morgan fingerprint density at radius 2 is 1.77 bits per heavy atom. The van der Waals surface area contributed by atoms with Crippen LogP contribution >= 0.6 is 11.8 Å². The van der Waals surface area contributed by atoms with Gasteiger partial charge in [-0.25, -0.2) is 0 Å². The number of fused-ring (bicyclic) bond motifs is 3. The average Bonchev–Trinajstić information content (AvgIpc) is 3.11. The third-order valence-corrected chi connectivity index (χ3v) is 6.08. The van der Waals surface area contributed by atoms with Gasteiger partial charge < -0.3 is 9.88 Å². The smallest absolute Gasteiger partial charge is 0.255 e. The number of azo groups is 1. The molecule has 0 spiro atoms. The largest absolute Gasteiger partial charge is 0.341 e. The minimum Gasteiger partial charge on any atom is -0.341 e. The van der Waals surface area contributed by atoms with Crippen LogP contribution in [0.4, 0.5) is 5.69 Å². The van der Waals surface area contributed by atoms with Gasteiger partial charge in [-0.05, 0) is 49.4 Å². The highest BCUT2D eigenvalue weighted by atomic mass is 32.2. The number of thioether (sulfide) groups is 1. The molecule has 0 saturated heterocycles. The van der Waals surface area contributed by atoms with Crippen LogP contribution in [0.1, 0.15) is 17.3 Å². The summed E-state index contributed by atoms with van der Waals surface area (Å²) in [5, 5.41) is 20.4. The maximum absolute atomic E-state index is 12.8. The van der Waals surface area contributed by atoms with E-state index >= 15 is 0 Å². The van der Waals surface area contributed by atoms with E-state index in [1.54, 1.807) is 19.2 Å². The van der Waals surface area contributed by atoms with E-state index < -0.39 is 0 Å². The van der Waals surface area contributed by atoms with Crippen molar-refractivity contribution in [1.29, 1.82) is 5.41 Å². The van der Waals surface area contributed by atoms with Crippen molar-refractivity contribution in [3.8, 4) is 0 Å².